The van der Waals surface area contributed by atoms with Crippen LogP contribution in [0.5, 0.6) is 0 Å². The van der Waals surface area contributed by atoms with Gasteiger partial charge in [0.1, 0.15) is 5.82 Å². The minimum Gasteiger partial charge on any atom is -0.346 e. The molecule has 1 aliphatic carbocycles. The molecule has 1 saturated carbocycles. The van der Waals surface area contributed by atoms with Crippen LogP contribution in [0.4, 0.5) is 4.39 Å². The molecule has 4 aliphatic rings. The molecule has 3 nitrogen and oxygen atoms in total. The van der Waals surface area contributed by atoms with Gasteiger partial charge in [-0.2, -0.15) is 0 Å². The number of carbonyl (C=O) groups excluding carboxylic acids is 1. The van der Waals surface area contributed by atoms with E-state index in [9.17, 15) is 9.18 Å². The molecular formula is C18H19FN2OS. The number of nitrogens with zero attached hydrogens (tertiary/aromatic N) is 1. The van der Waals surface area contributed by atoms with Crippen LogP contribution in [-0.4, -0.2) is 35.5 Å². The van der Waals surface area contributed by atoms with Gasteiger partial charge < -0.3 is 5.32 Å². The lowest BCUT2D eigenvalue weighted by molar-refractivity contribution is -0.00138. The molecule has 1 spiro atoms. The van der Waals surface area contributed by atoms with Crippen LogP contribution in [-0.2, 0) is 0 Å². The summed E-state index contributed by atoms with van der Waals surface area (Å²) in [5, 5.41) is 4.12. The second-order valence-corrected chi connectivity index (χ2v) is 8.20. The van der Waals surface area contributed by atoms with Crippen LogP contribution in [0.3, 0.4) is 0 Å². The first kappa shape index (κ1) is 13.9. The van der Waals surface area contributed by atoms with E-state index in [2.05, 4.69) is 10.2 Å². The Morgan fingerprint density at radius 1 is 1.30 bits per heavy atom. The molecule has 1 atom stereocenters. The van der Waals surface area contributed by atoms with Gasteiger partial charge in [-0.3, -0.25) is 9.69 Å². The molecule has 6 rings (SSSR count). The summed E-state index contributed by atoms with van der Waals surface area (Å²) in [5.74, 6) is 0.334. The second-order valence-electron chi connectivity index (χ2n) is 7.15. The number of hydrogen-bond acceptors (Lipinski definition) is 3. The average molecular weight is 330 g/mol. The zero-order valence-corrected chi connectivity index (χ0v) is 13.7. The van der Waals surface area contributed by atoms with Gasteiger partial charge in [0.15, 0.2) is 0 Å². The summed E-state index contributed by atoms with van der Waals surface area (Å²) in [6, 6.07) is 7.10. The molecule has 23 heavy (non-hydrogen) atoms. The number of hydrogen-bond donors (Lipinski definition) is 1. The summed E-state index contributed by atoms with van der Waals surface area (Å²) < 4.78 is 14.4. The Kier molecular flexibility index (Phi) is 2.89. The van der Waals surface area contributed by atoms with E-state index in [1.807, 2.05) is 12.1 Å². The highest BCUT2D eigenvalue weighted by Gasteiger charge is 2.60. The van der Waals surface area contributed by atoms with Crippen LogP contribution >= 0.6 is 11.3 Å². The van der Waals surface area contributed by atoms with E-state index in [0.29, 0.717) is 15.5 Å². The summed E-state index contributed by atoms with van der Waals surface area (Å²) in [6.07, 6.45) is 4.78. The van der Waals surface area contributed by atoms with Crippen molar-refractivity contribution in [3.8, 4) is 0 Å². The van der Waals surface area contributed by atoms with Gasteiger partial charge in [-0.15, -0.1) is 11.3 Å². The van der Waals surface area contributed by atoms with Crippen molar-refractivity contribution in [3.05, 3.63) is 35.0 Å². The van der Waals surface area contributed by atoms with Crippen molar-refractivity contribution in [2.75, 3.05) is 13.1 Å². The van der Waals surface area contributed by atoms with E-state index in [1.165, 1.54) is 56.2 Å². The highest BCUT2D eigenvalue weighted by Crippen LogP contribution is 2.53. The summed E-state index contributed by atoms with van der Waals surface area (Å²) in [7, 11) is 0. The maximum Gasteiger partial charge on any atom is 0.261 e. The fourth-order valence-corrected chi connectivity index (χ4v) is 5.64. The number of halogens is 1. The summed E-state index contributed by atoms with van der Waals surface area (Å²) in [5.41, 5.74) is 0.235. The Morgan fingerprint density at radius 2 is 2.09 bits per heavy atom. The van der Waals surface area contributed by atoms with Crippen LogP contribution in [0.25, 0.3) is 10.1 Å². The fourth-order valence-electron chi connectivity index (χ4n) is 4.67. The van der Waals surface area contributed by atoms with E-state index >= 15 is 0 Å². The summed E-state index contributed by atoms with van der Waals surface area (Å²) >= 11 is 1.26. The average Bonchev–Trinajstić information content (AvgIpc) is 3.21. The quantitative estimate of drug-likeness (QED) is 0.915. The third-order valence-electron chi connectivity index (χ3n) is 5.99. The third kappa shape index (κ3) is 1.99. The number of thiophene rings is 1. The molecule has 1 amide bonds. The Hall–Kier alpha value is -1.46. The van der Waals surface area contributed by atoms with Crippen molar-refractivity contribution < 1.29 is 9.18 Å². The smallest absolute Gasteiger partial charge is 0.261 e. The highest BCUT2D eigenvalue weighted by molar-refractivity contribution is 7.20. The standard InChI is InChI=1S/C18H19FN2OS/c19-13-3-1-2-12-10-14(23-15(12)13)17(22)20-16-11-4-8-21(9-5-11)18(16)6-7-18/h1-3,10-11,16H,4-9H2,(H,20,22)/t16-/m1/s1. The van der Waals surface area contributed by atoms with Crippen LogP contribution in [0.15, 0.2) is 24.3 Å². The summed E-state index contributed by atoms with van der Waals surface area (Å²) in [4.78, 5) is 16.0. The van der Waals surface area contributed by atoms with Gasteiger partial charge in [-0.25, -0.2) is 4.39 Å². The van der Waals surface area contributed by atoms with Crippen LogP contribution in [0, 0.1) is 11.7 Å². The molecule has 1 aromatic heterocycles. The minimum absolute atomic E-state index is 0.0318. The lowest BCUT2D eigenvalue weighted by atomic mass is 9.77. The van der Waals surface area contributed by atoms with Gasteiger partial charge in [0, 0.05) is 5.54 Å². The number of carbonyl (C=O) groups is 1. The van der Waals surface area contributed by atoms with Crippen molar-refractivity contribution in [3.63, 3.8) is 0 Å². The summed E-state index contributed by atoms with van der Waals surface area (Å²) in [6.45, 7) is 2.37. The monoisotopic (exact) mass is 330 g/mol. The van der Waals surface area contributed by atoms with Gasteiger partial charge in [0.2, 0.25) is 0 Å². The van der Waals surface area contributed by atoms with Gasteiger partial charge in [0.25, 0.3) is 5.91 Å². The van der Waals surface area contributed by atoms with E-state index in [4.69, 9.17) is 0 Å². The molecule has 4 fully saturated rings. The van der Waals surface area contributed by atoms with Gasteiger partial charge in [0.05, 0.1) is 15.6 Å². The zero-order chi connectivity index (χ0) is 15.6. The van der Waals surface area contributed by atoms with Crippen molar-refractivity contribution in [1.29, 1.82) is 0 Å². The first-order chi connectivity index (χ1) is 11.2. The first-order valence-electron chi connectivity index (χ1n) is 8.41. The molecule has 0 unspecified atom stereocenters. The highest BCUT2D eigenvalue weighted by atomic mass is 32.1. The lowest BCUT2D eigenvalue weighted by Crippen LogP contribution is -2.65. The van der Waals surface area contributed by atoms with E-state index < -0.39 is 0 Å². The predicted octanol–water partition coefficient (Wildman–Crippen LogP) is 3.40. The Balaban J connectivity index is 1.43. The van der Waals surface area contributed by atoms with Crippen molar-refractivity contribution in [1.82, 2.24) is 10.2 Å². The topological polar surface area (TPSA) is 32.3 Å². The third-order valence-corrected chi connectivity index (χ3v) is 7.15. The Bertz CT molecular complexity index is 789. The number of amides is 1. The van der Waals surface area contributed by atoms with Crippen LogP contribution < -0.4 is 5.32 Å². The zero-order valence-electron chi connectivity index (χ0n) is 12.8. The van der Waals surface area contributed by atoms with E-state index in [1.54, 1.807) is 6.07 Å². The minimum atomic E-state index is -0.243. The molecule has 120 valence electrons. The van der Waals surface area contributed by atoms with Gasteiger partial charge in [-0.1, -0.05) is 12.1 Å². The molecule has 1 N–H and O–H groups in total. The molecule has 2 aromatic rings. The molecule has 3 saturated heterocycles. The van der Waals surface area contributed by atoms with E-state index in [0.717, 1.165) is 5.39 Å². The first-order valence-corrected chi connectivity index (χ1v) is 9.23. The second kappa shape index (κ2) is 4.77. The molecular weight excluding hydrogens is 311 g/mol. The SMILES string of the molecule is O=C(N[C@@H]1C2CCN(CC2)C12CC2)c1cc2cccc(F)c2s1. The van der Waals surface area contributed by atoms with E-state index in [-0.39, 0.29) is 23.3 Å². The van der Waals surface area contributed by atoms with Crippen LogP contribution in [0.2, 0.25) is 0 Å². The number of nitrogens with one attached hydrogen (secondary N) is 1. The molecule has 4 heterocycles. The maximum atomic E-state index is 13.8. The lowest BCUT2D eigenvalue weighted by Gasteiger charge is -2.52. The number of benzene rings is 1. The normalized spacial score (nSPS) is 30.7. The molecule has 2 bridgehead atoms. The number of rotatable bonds is 2. The number of fused-ring (bicyclic) bond motifs is 3. The predicted molar refractivity (Wildman–Crippen MR) is 89.3 cm³/mol. The van der Waals surface area contributed by atoms with Crippen molar-refractivity contribution in [2.45, 2.75) is 37.3 Å². The number of piperidine rings is 3. The van der Waals surface area contributed by atoms with Crippen molar-refractivity contribution in [2.24, 2.45) is 5.92 Å². The van der Waals surface area contributed by atoms with Gasteiger partial charge in [-0.05, 0) is 62.2 Å². The molecule has 1 aromatic carbocycles. The van der Waals surface area contributed by atoms with Gasteiger partial charge >= 0.3 is 0 Å². The molecule has 0 radical (unpaired) electrons. The fraction of sp³-hybridized carbons (Fsp3) is 0.500. The largest absolute Gasteiger partial charge is 0.346 e. The Labute approximate surface area is 138 Å². The maximum absolute atomic E-state index is 13.8. The molecule has 3 aliphatic heterocycles. The van der Waals surface area contributed by atoms with Crippen molar-refractivity contribution >= 4 is 27.3 Å². The molecule has 5 heteroatoms. The Morgan fingerprint density at radius 3 is 2.78 bits per heavy atom. The van der Waals surface area contributed by atoms with Crippen LogP contribution in [0.1, 0.15) is 35.4 Å².